The van der Waals surface area contributed by atoms with Crippen LogP contribution in [0.15, 0.2) is 33.7 Å². The van der Waals surface area contributed by atoms with Gasteiger partial charge in [-0.3, -0.25) is 14.0 Å². The molecule has 1 atom stereocenters. The molecule has 2 heterocycles. The molecule has 0 bridgehead atoms. The van der Waals surface area contributed by atoms with Crippen molar-refractivity contribution in [1.29, 1.82) is 0 Å². The van der Waals surface area contributed by atoms with E-state index in [0.29, 0.717) is 22.8 Å². The second kappa shape index (κ2) is 8.49. The molecular weight excluding hydrogens is 378 g/mol. The number of thioether (sulfide) groups is 1. The van der Waals surface area contributed by atoms with Crippen LogP contribution in [0.2, 0.25) is 0 Å². The van der Waals surface area contributed by atoms with Crippen LogP contribution in [0, 0.1) is 0 Å². The van der Waals surface area contributed by atoms with E-state index in [-0.39, 0.29) is 17.5 Å². The molecule has 0 saturated heterocycles. The first-order valence-electron chi connectivity index (χ1n) is 7.54. The molecule has 0 aliphatic rings. The van der Waals surface area contributed by atoms with Gasteiger partial charge in [0.25, 0.3) is 5.56 Å². The summed E-state index contributed by atoms with van der Waals surface area (Å²) in [5.74, 6) is 0.935. The van der Waals surface area contributed by atoms with Gasteiger partial charge in [-0.05, 0) is 41.4 Å². The molecule has 0 aromatic carbocycles. The number of pyridine rings is 1. The largest absolute Gasteiger partial charge is 0.353 e. The molecule has 124 valence electrons. The van der Waals surface area contributed by atoms with E-state index in [4.69, 9.17) is 0 Å². The van der Waals surface area contributed by atoms with E-state index < -0.39 is 0 Å². The summed E-state index contributed by atoms with van der Waals surface area (Å²) in [5, 5.41) is 2.96. The van der Waals surface area contributed by atoms with Crippen LogP contribution in [0.25, 0.3) is 5.65 Å². The molecule has 2 rings (SSSR count). The number of amides is 1. The average Bonchev–Trinajstić information content (AvgIpc) is 2.48. The number of hydrogen-bond acceptors (Lipinski definition) is 4. The van der Waals surface area contributed by atoms with Gasteiger partial charge in [0, 0.05) is 28.5 Å². The van der Waals surface area contributed by atoms with Crippen molar-refractivity contribution < 1.29 is 4.79 Å². The molecule has 1 N–H and O–H groups in total. The fourth-order valence-electron chi connectivity index (χ4n) is 2.27. The monoisotopic (exact) mass is 397 g/mol. The summed E-state index contributed by atoms with van der Waals surface area (Å²) in [6.07, 6.45) is 3.73. The molecule has 0 unspecified atom stereocenters. The predicted octanol–water partition coefficient (Wildman–Crippen LogP) is 3.00. The highest BCUT2D eigenvalue weighted by Gasteiger charge is 2.08. The Hall–Kier alpha value is -1.34. The molecule has 2 aromatic heterocycles. The minimum atomic E-state index is -0.118. The molecular formula is C16H20BrN3O2S. The summed E-state index contributed by atoms with van der Waals surface area (Å²) in [4.78, 5) is 28.3. The number of halogens is 1. The van der Waals surface area contributed by atoms with Gasteiger partial charge in [-0.1, -0.05) is 13.3 Å². The highest BCUT2D eigenvalue weighted by atomic mass is 79.9. The third kappa shape index (κ3) is 5.35. The summed E-state index contributed by atoms with van der Waals surface area (Å²) >= 11 is 4.80. The normalized spacial score (nSPS) is 12.3. The average molecular weight is 398 g/mol. The molecule has 0 aliphatic carbocycles. The highest BCUT2D eigenvalue weighted by Crippen LogP contribution is 2.12. The number of fused-ring (bicyclic) bond motifs is 1. The van der Waals surface area contributed by atoms with E-state index in [9.17, 15) is 9.59 Å². The predicted molar refractivity (Wildman–Crippen MR) is 97.8 cm³/mol. The Balaban J connectivity index is 1.94. The number of carbonyl (C=O) groups excluding carboxylic acids is 1. The maximum atomic E-state index is 12.1. The van der Waals surface area contributed by atoms with Crippen LogP contribution in [0.5, 0.6) is 0 Å². The minimum Gasteiger partial charge on any atom is -0.353 e. The zero-order valence-electron chi connectivity index (χ0n) is 13.2. The quantitative estimate of drug-likeness (QED) is 0.779. The highest BCUT2D eigenvalue weighted by molar-refractivity contribution is 9.10. The second-order valence-corrected chi connectivity index (χ2v) is 7.31. The van der Waals surface area contributed by atoms with Crippen molar-refractivity contribution in [3.63, 3.8) is 0 Å². The second-order valence-electron chi connectivity index (χ2n) is 5.41. The topological polar surface area (TPSA) is 63.5 Å². The van der Waals surface area contributed by atoms with Gasteiger partial charge in [0.1, 0.15) is 5.65 Å². The van der Waals surface area contributed by atoms with Crippen molar-refractivity contribution in [2.45, 2.75) is 38.5 Å². The summed E-state index contributed by atoms with van der Waals surface area (Å²) in [5.41, 5.74) is 1.18. The van der Waals surface area contributed by atoms with E-state index >= 15 is 0 Å². The van der Waals surface area contributed by atoms with Crippen molar-refractivity contribution in [2.24, 2.45) is 0 Å². The van der Waals surface area contributed by atoms with E-state index in [1.807, 2.05) is 13.0 Å². The Bertz CT molecular complexity index is 748. The van der Waals surface area contributed by atoms with E-state index in [0.717, 1.165) is 17.3 Å². The number of rotatable bonds is 7. The molecule has 0 fully saturated rings. The van der Waals surface area contributed by atoms with Gasteiger partial charge < -0.3 is 5.32 Å². The number of aromatic nitrogens is 2. The van der Waals surface area contributed by atoms with Gasteiger partial charge in [-0.2, -0.15) is 0 Å². The Morgan fingerprint density at radius 1 is 1.48 bits per heavy atom. The van der Waals surface area contributed by atoms with Gasteiger partial charge in [0.2, 0.25) is 5.91 Å². The van der Waals surface area contributed by atoms with Gasteiger partial charge in [-0.15, -0.1) is 11.8 Å². The molecule has 0 saturated carbocycles. The molecule has 7 heteroatoms. The molecule has 5 nitrogen and oxygen atoms in total. The van der Waals surface area contributed by atoms with Crippen molar-refractivity contribution in [3.8, 4) is 0 Å². The van der Waals surface area contributed by atoms with Crippen molar-refractivity contribution in [3.05, 3.63) is 44.9 Å². The Morgan fingerprint density at radius 2 is 2.26 bits per heavy atom. The lowest BCUT2D eigenvalue weighted by Crippen LogP contribution is -2.33. The number of nitrogens with one attached hydrogen (secondary N) is 1. The van der Waals surface area contributed by atoms with Crippen LogP contribution in [0.3, 0.4) is 0 Å². The van der Waals surface area contributed by atoms with Crippen molar-refractivity contribution >= 4 is 39.2 Å². The zero-order valence-corrected chi connectivity index (χ0v) is 15.6. The molecule has 23 heavy (non-hydrogen) atoms. The fourth-order valence-corrected chi connectivity index (χ4v) is 3.33. The zero-order chi connectivity index (χ0) is 16.8. The first-order valence-corrected chi connectivity index (χ1v) is 9.49. The SMILES string of the molecule is CCC[C@@H](C)NC(=O)CSCc1cc(=O)n2cc(Br)ccc2n1. The third-order valence-electron chi connectivity index (χ3n) is 3.29. The molecule has 1 amide bonds. The molecule has 0 spiro atoms. The van der Waals surface area contributed by atoms with Gasteiger partial charge in [-0.25, -0.2) is 4.98 Å². The third-order valence-corrected chi connectivity index (χ3v) is 4.72. The maximum absolute atomic E-state index is 12.1. The summed E-state index contributed by atoms with van der Waals surface area (Å²) < 4.78 is 2.33. The van der Waals surface area contributed by atoms with Gasteiger partial charge >= 0.3 is 0 Å². The Labute approximate surface area is 148 Å². The smallest absolute Gasteiger partial charge is 0.258 e. The van der Waals surface area contributed by atoms with Crippen LogP contribution in [0.4, 0.5) is 0 Å². The van der Waals surface area contributed by atoms with Crippen LogP contribution in [0.1, 0.15) is 32.4 Å². The van der Waals surface area contributed by atoms with E-state index in [1.54, 1.807) is 12.3 Å². The fraction of sp³-hybridized carbons (Fsp3) is 0.438. The molecule has 0 radical (unpaired) electrons. The first kappa shape index (κ1) is 18.0. The Kier molecular flexibility index (Phi) is 6.65. The number of carbonyl (C=O) groups is 1. The molecule has 2 aromatic rings. The van der Waals surface area contributed by atoms with Gasteiger partial charge in [0.15, 0.2) is 0 Å². The minimum absolute atomic E-state index is 0.0254. The van der Waals surface area contributed by atoms with Crippen molar-refractivity contribution in [1.82, 2.24) is 14.7 Å². The molecule has 0 aliphatic heterocycles. The number of hydrogen-bond donors (Lipinski definition) is 1. The summed E-state index contributed by atoms with van der Waals surface area (Å²) in [6.45, 7) is 4.11. The summed E-state index contributed by atoms with van der Waals surface area (Å²) in [6, 6.07) is 5.36. The lowest BCUT2D eigenvalue weighted by Gasteiger charge is -2.12. The van der Waals surface area contributed by atoms with Crippen LogP contribution in [-0.4, -0.2) is 27.1 Å². The summed E-state index contributed by atoms with van der Waals surface area (Å²) in [7, 11) is 0. The lowest BCUT2D eigenvalue weighted by molar-refractivity contribution is -0.119. The standard InChI is InChI=1S/C16H20BrN3O2S/c1-3-4-11(2)18-15(21)10-23-9-13-7-16(22)20-8-12(17)5-6-14(20)19-13/h5-8,11H,3-4,9-10H2,1-2H3,(H,18,21)/t11-/m1/s1. The van der Waals surface area contributed by atoms with Crippen molar-refractivity contribution in [2.75, 3.05) is 5.75 Å². The number of nitrogens with zero attached hydrogens (tertiary/aromatic N) is 2. The lowest BCUT2D eigenvalue weighted by atomic mass is 10.2. The van der Waals surface area contributed by atoms with Crippen LogP contribution in [-0.2, 0) is 10.5 Å². The van der Waals surface area contributed by atoms with E-state index in [1.165, 1.54) is 22.2 Å². The van der Waals surface area contributed by atoms with Crippen LogP contribution < -0.4 is 10.9 Å². The van der Waals surface area contributed by atoms with Gasteiger partial charge in [0.05, 0.1) is 11.4 Å². The first-order chi connectivity index (χ1) is 11.0. The van der Waals surface area contributed by atoms with E-state index in [2.05, 4.69) is 33.2 Å². The Morgan fingerprint density at radius 3 is 3.00 bits per heavy atom. The van der Waals surface area contributed by atoms with Crippen LogP contribution >= 0.6 is 27.7 Å². The maximum Gasteiger partial charge on any atom is 0.258 e.